The average Bonchev–Trinajstić information content (AvgIpc) is 3.85. The van der Waals surface area contributed by atoms with Gasteiger partial charge in [0.25, 0.3) is 5.91 Å². The highest BCUT2D eigenvalue weighted by Gasteiger charge is 2.44. The minimum Gasteiger partial charge on any atom is -0.391 e. The smallest absolute Gasteiger partial charge is 0.256 e. The molecule has 4 amide bonds. The van der Waals surface area contributed by atoms with Crippen molar-refractivity contribution in [2.24, 2.45) is 5.41 Å². The number of H-pyrrole nitrogens is 1. The predicted molar refractivity (Wildman–Crippen MR) is 203 cm³/mol. The maximum absolute atomic E-state index is 14.1. The average molecular weight is 742 g/mol. The van der Waals surface area contributed by atoms with Crippen molar-refractivity contribution in [2.45, 2.75) is 72.7 Å². The first-order valence-electron chi connectivity index (χ1n) is 17.4. The highest BCUT2D eigenvalue weighted by atomic mass is 32.1. The van der Waals surface area contributed by atoms with Crippen molar-refractivity contribution in [1.82, 2.24) is 25.5 Å². The number of aromatic amines is 1. The predicted octanol–water partition coefficient (Wildman–Crippen LogP) is 4.92. The number of nitrogens with zero attached hydrogens (tertiary/aromatic N) is 2. The van der Waals surface area contributed by atoms with Crippen LogP contribution < -0.4 is 21.3 Å². The number of aliphatic hydroxyl groups excluding tert-OH is 1. The molecule has 0 unspecified atom stereocenters. The Hall–Kier alpha value is -5.18. The van der Waals surface area contributed by atoms with Crippen LogP contribution in [0, 0.1) is 32.0 Å². The number of carbonyl (C=O) groups is 4. The number of thiazole rings is 1. The van der Waals surface area contributed by atoms with Gasteiger partial charge in [-0.05, 0) is 67.2 Å². The Labute approximate surface area is 311 Å². The van der Waals surface area contributed by atoms with Gasteiger partial charge in [0, 0.05) is 42.1 Å². The molecule has 1 saturated heterocycles. The number of hydrogen-bond acceptors (Lipinski definition) is 8. The monoisotopic (exact) mass is 741 g/mol. The number of benzene rings is 2. The summed E-state index contributed by atoms with van der Waals surface area (Å²) in [7, 11) is 0. The molecule has 0 spiro atoms. The van der Waals surface area contributed by atoms with E-state index in [1.165, 1.54) is 23.1 Å². The Morgan fingerprint density at radius 3 is 2.55 bits per heavy atom. The van der Waals surface area contributed by atoms with Crippen molar-refractivity contribution in [2.75, 3.05) is 23.7 Å². The fourth-order valence-electron chi connectivity index (χ4n) is 6.83. The lowest BCUT2D eigenvalue weighted by atomic mass is 9.85. The molecule has 3 atom stereocenters. The van der Waals surface area contributed by atoms with Gasteiger partial charge < -0.3 is 30.9 Å². The molecule has 0 saturated carbocycles. The normalized spacial score (nSPS) is 18.2. The summed E-state index contributed by atoms with van der Waals surface area (Å²) in [5.74, 6) is -1.98. The molecule has 6 rings (SSSR count). The van der Waals surface area contributed by atoms with Gasteiger partial charge in [-0.25, -0.2) is 9.37 Å². The molecule has 2 aliphatic heterocycles. The number of aryl methyl sites for hydroxylation is 2. The number of halogens is 1. The second-order valence-corrected chi connectivity index (χ2v) is 15.5. The second-order valence-electron chi connectivity index (χ2n) is 14.7. The van der Waals surface area contributed by atoms with E-state index in [9.17, 15) is 28.7 Å². The van der Waals surface area contributed by atoms with Crippen LogP contribution in [0.15, 0.2) is 48.0 Å². The number of amides is 4. The molecular formula is C39H44FN7O5S. The van der Waals surface area contributed by atoms with Gasteiger partial charge in [-0.3, -0.25) is 24.5 Å². The molecule has 0 aliphatic carbocycles. The lowest BCUT2D eigenvalue weighted by Gasteiger charge is -2.35. The maximum atomic E-state index is 14.1. The molecule has 1 fully saturated rings. The molecule has 6 N–H and O–H groups in total. The lowest BCUT2D eigenvalue weighted by molar-refractivity contribution is -0.142. The summed E-state index contributed by atoms with van der Waals surface area (Å²) in [5.41, 5.74) is 7.75. The number of fused-ring (bicyclic) bond motifs is 1. The molecule has 2 aromatic heterocycles. The van der Waals surface area contributed by atoms with Gasteiger partial charge in [-0.15, -0.1) is 11.3 Å². The number of aliphatic hydroxyl groups is 1. The molecule has 4 heterocycles. The Morgan fingerprint density at radius 1 is 1.13 bits per heavy atom. The zero-order chi connectivity index (χ0) is 38.2. The Bertz CT molecular complexity index is 2100. The number of nitrogens with one attached hydrogen (secondary N) is 5. The van der Waals surface area contributed by atoms with Crippen LogP contribution in [0.25, 0.3) is 22.1 Å². The van der Waals surface area contributed by atoms with Gasteiger partial charge in [0.2, 0.25) is 17.7 Å². The third-order valence-corrected chi connectivity index (χ3v) is 10.6. The van der Waals surface area contributed by atoms with Crippen LogP contribution in [0.1, 0.15) is 61.0 Å². The standard InChI is InChI=1S/C39H44FN7O5S/c1-20-30(15-28-27-13-25(40)11-12-29(27)45-36(28)50)44-21(2)33(20)46-32(49)17-41-35(39(4,5)6)38(52)47-18-26(48)14-31(47)37(51)42-16-23-7-9-24(10-8-23)34-22(3)43-19-53-34/h7-13,15,19,26,31,35,41,44,48H,14,16-18H2,1-6H3,(H,42,51)(H,45,50)(H,46,49)/b28-15-/t26-,31+,35-/m1/s1. The van der Waals surface area contributed by atoms with E-state index in [4.69, 9.17) is 0 Å². The van der Waals surface area contributed by atoms with Crippen LogP contribution in [0.4, 0.5) is 15.8 Å². The minimum absolute atomic E-state index is 0.00453. The van der Waals surface area contributed by atoms with Crippen LogP contribution in [-0.2, 0) is 25.7 Å². The second kappa shape index (κ2) is 15.0. The Morgan fingerprint density at radius 2 is 1.87 bits per heavy atom. The fraction of sp³-hybridized carbons (Fsp3) is 0.359. The summed E-state index contributed by atoms with van der Waals surface area (Å²) in [4.78, 5) is 63.5. The van der Waals surface area contributed by atoms with Gasteiger partial charge in [-0.2, -0.15) is 0 Å². The van der Waals surface area contributed by atoms with Crippen molar-refractivity contribution in [3.05, 3.63) is 87.6 Å². The van der Waals surface area contributed by atoms with Crippen LogP contribution in [0.3, 0.4) is 0 Å². The number of aromatic nitrogens is 2. The third kappa shape index (κ3) is 8.09. The summed E-state index contributed by atoms with van der Waals surface area (Å²) in [6.45, 7) is 11.2. The molecule has 12 nitrogen and oxygen atoms in total. The quantitative estimate of drug-likeness (QED) is 0.126. The van der Waals surface area contributed by atoms with Gasteiger partial charge in [0.05, 0.1) is 46.0 Å². The fourth-order valence-corrected chi connectivity index (χ4v) is 7.64. The molecule has 2 aliphatic rings. The molecule has 2 aromatic carbocycles. The number of hydrogen-bond donors (Lipinski definition) is 6. The zero-order valence-electron chi connectivity index (χ0n) is 30.5. The molecule has 4 aromatic rings. The first-order valence-corrected chi connectivity index (χ1v) is 18.3. The number of anilines is 2. The highest BCUT2D eigenvalue weighted by molar-refractivity contribution is 7.13. The van der Waals surface area contributed by atoms with Crippen LogP contribution >= 0.6 is 11.3 Å². The van der Waals surface area contributed by atoms with Gasteiger partial charge in [0.15, 0.2) is 0 Å². The van der Waals surface area contributed by atoms with Crippen molar-refractivity contribution < 1.29 is 28.7 Å². The SMILES string of the molecule is Cc1ncsc1-c1ccc(CNC(=O)[C@@H]2C[C@@H](O)CN2C(=O)[C@@H](NCC(=O)Nc2c(C)[nH]c(/C=C3\C(=O)Nc4ccc(F)cc43)c2C)C(C)(C)C)cc1. The van der Waals surface area contributed by atoms with Gasteiger partial charge >= 0.3 is 0 Å². The van der Waals surface area contributed by atoms with Gasteiger partial charge in [0.1, 0.15) is 11.9 Å². The third-order valence-electron chi connectivity index (χ3n) is 9.67. The van der Waals surface area contributed by atoms with Gasteiger partial charge in [-0.1, -0.05) is 45.0 Å². The lowest BCUT2D eigenvalue weighted by Crippen LogP contribution is -2.57. The highest BCUT2D eigenvalue weighted by Crippen LogP contribution is 2.35. The molecule has 14 heteroatoms. The summed E-state index contributed by atoms with van der Waals surface area (Å²) in [6, 6.07) is 10.2. The topological polar surface area (TPSA) is 169 Å². The van der Waals surface area contributed by atoms with Crippen molar-refractivity contribution in [3.8, 4) is 10.4 Å². The van der Waals surface area contributed by atoms with E-state index in [2.05, 4.69) is 31.2 Å². The van der Waals surface area contributed by atoms with E-state index in [1.54, 1.807) is 31.3 Å². The molecular weight excluding hydrogens is 698 g/mol. The van der Waals surface area contributed by atoms with E-state index in [-0.39, 0.29) is 43.8 Å². The van der Waals surface area contributed by atoms with E-state index < -0.39 is 35.3 Å². The summed E-state index contributed by atoms with van der Waals surface area (Å²) < 4.78 is 14.0. The van der Waals surface area contributed by atoms with E-state index >= 15 is 0 Å². The Kier molecular flexibility index (Phi) is 10.7. The van der Waals surface area contributed by atoms with Crippen LogP contribution in [0.5, 0.6) is 0 Å². The van der Waals surface area contributed by atoms with Crippen LogP contribution in [0.2, 0.25) is 0 Å². The first kappa shape index (κ1) is 37.6. The number of rotatable bonds is 10. The molecule has 0 radical (unpaired) electrons. The largest absolute Gasteiger partial charge is 0.391 e. The van der Waals surface area contributed by atoms with E-state index in [0.717, 1.165) is 21.7 Å². The van der Waals surface area contributed by atoms with E-state index in [0.29, 0.717) is 39.5 Å². The molecule has 278 valence electrons. The first-order chi connectivity index (χ1) is 25.1. The molecule has 0 bridgehead atoms. The maximum Gasteiger partial charge on any atom is 0.256 e. The number of likely N-dealkylation sites (tertiary alicyclic amines) is 1. The molecule has 53 heavy (non-hydrogen) atoms. The van der Waals surface area contributed by atoms with E-state index in [1.807, 2.05) is 57.5 Å². The summed E-state index contributed by atoms with van der Waals surface area (Å²) in [5, 5.41) is 22.2. The summed E-state index contributed by atoms with van der Waals surface area (Å²) in [6.07, 6.45) is 0.862. The van der Waals surface area contributed by atoms with Crippen LogP contribution in [-0.4, -0.2) is 74.9 Å². The van der Waals surface area contributed by atoms with Crippen molar-refractivity contribution in [3.63, 3.8) is 0 Å². The minimum atomic E-state index is -0.875. The van der Waals surface area contributed by atoms with Crippen molar-refractivity contribution in [1.29, 1.82) is 0 Å². The number of β-amino-alcohol motifs (C(OH)–C–C–N with tert-alkyl or cyclic N) is 1. The Balaban J connectivity index is 1.09. The summed E-state index contributed by atoms with van der Waals surface area (Å²) >= 11 is 1.57. The number of carbonyl (C=O) groups excluding carboxylic acids is 4. The van der Waals surface area contributed by atoms with Crippen molar-refractivity contribution >= 4 is 58.0 Å². The zero-order valence-corrected chi connectivity index (χ0v) is 31.3.